The van der Waals surface area contributed by atoms with Gasteiger partial charge in [0.25, 0.3) is 10.0 Å². The van der Waals surface area contributed by atoms with Crippen molar-refractivity contribution in [3.63, 3.8) is 0 Å². The molecule has 0 amide bonds. The molecule has 0 aliphatic heterocycles. The Labute approximate surface area is 127 Å². The molecule has 2 rings (SSSR count). The monoisotopic (exact) mass is 329 g/mol. The molecular formula is C14H13ClFNO3S. The highest BCUT2D eigenvalue weighted by Crippen LogP contribution is 2.26. The summed E-state index contributed by atoms with van der Waals surface area (Å²) < 4.78 is 40.0. The van der Waals surface area contributed by atoms with Crippen molar-refractivity contribution in [1.29, 1.82) is 0 Å². The summed E-state index contributed by atoms with van der Waals surface area (Å²) in [6.07, 6.45) is 0. The van der Waals surface area contributed by atoms with Crippen LogP contribution in [0.3, 0.4) is 0 Å². The zero-order valence-corrected chi connectivity index (χ0v) is 12.7. The van der Waals surface area contributed by atoms with Crippen LogP contribution in [0.15, 0.2) is 41.3 Å². The van der Waals surface area contributed by atoms with Gasteiger partial charge in [-0.3, -0.25) is 4.72 Å². The molecule has 0 bridgehead atoms. The molecule has 0 aromatic heterocycles. The van der Waals surface area contributed by atoms with Gasteiger partial charge in [0.15, 0.2) is 0 Å². The van der Waals surface area contributed by atoms with E-state index in [1.807, 2.05) is 0 Å². The Bertz CT molecular complexity index is 778. The summed E-state index contributed by atoms with van der Waals surface area (Å²) in [6.45, 7) is 1.53. The minimum Gasteiger partial charge on any atom is -0.392 e. The van der Waals surface area contributed by atoms with E-state index in [4.69, 9.17) is 16.7 Å². The molecular weight excluding hydrogens is 317 g/mol. The first-order valence-corrected chi connectivity index (χ1v) is 7.88. The molecule has 0 unspecified atom stereocenters. The van der Waals surface area contributed by atoms with Gasteiger partial charge < -0.3 is 5.11 Å². The van der Waals surface area contributed by atoms with Crippen LogP contribution in [0.4, 0.5) is 10.1 Å². The predicted octanol–water partition coefficient (Wildman–Crippen LogP) is 3.08. The number of sulfonamides is 1. The first kappa shape index (κ1) is 15.8. The highest BCUT2D eigenvalue weighted by Gasteiger charge is 2.19. The number of hydrogen-bond acceptors (Lipinski definition) is 3. The molecule has 4 nitrogen and oxygen atoms in total. The zero-order chi connectivity index (χ0) is 15.6. The SMILES string of the molecule is Cc1ccc(CO)cc1NS(=O)(=O)c1ccc(F)cc1Cl. The fourth-order valence-corrected chi connectivity index (χ4v) is 3.42. The summed E-state index contributed by atoms with van der Waals surface area (Å²) in [7, 11) is -3.94. The van der Waals surface area contributed by atoms with E-state index in [1.54, 1.807) is 19.1 Å². The third-order valence-corrected chi connectivity index (χ3v) is 4.76. The molecule has 0 atom stereocenters. The second-order valence-electron chi connectivity index (χ2n) is 4.49. The van der Waals surface area contributed by atoms with Crippen LogP contribution in [-0.2, 0) is 16.6 Å². The lowest BCUT2D eigenvalue weighted by atomic mass is 10.1. The van der Waals surface area contributed by atoms with Gasteiger partial charge in [-0.15, -0.1) is 0 Å². The summed E-state index contributed by atoms with van der Waals surface area (Å²) >= 11 is 5.78. The predicted molar refractivity (Wildman–Crippen MR) is 79.3 cm³/mol. The van der Waals surface area contributed by atoms with E-state index < -0.39 is 15.8 Å². The van der Waals surface area contributed by atoms with Gasteiger partial charge in [-0.2, -0.15) is 0 Å². The first-order valence-electron chi connectivity index (χ1n) is 6.02. The van der Waals surface area contributed by atoms with E-state index >= 15 is 0 Å². The van der Waals surface area contributed by atoms with Gasteiger partial charge in [0.05, 0.1) is 17.3 Å². The third-order valence-electron chi connectivity index (χ3n) is 2.91. The molecule has 21 heavy (non-hydrogen) atoms. The molecule has 0 aliphatic carbocycles. The minimum absolute atomic E-state index is 0.196. The van der Waals surface area contributed by atoms with Gasteiger partial charge in [0.1, 0.15) is 10.7 Å². The second-order valence-corrected chi connectivity index (χ2v) is 6.55. The molecule has 0 saturated carbocycles. The lowest BCUT2D eigenvalue weighted by Crippen LogP contribution is -2.14. The van der Waals surface area contributed by atoms with Crippen molar-refractivity contribution in [2.24, 2.45) is 0 Å². The molecule has 2 aromatic carbocycles. The summed E-state index contributed by atoms with van der Waals surface area (Å²) in [5.74, 6) is -0.614. The van der Waals surface area contributed by atoms with Crippen LogP contribution in [0.2, 0.25) is 5.02 Å². The van der Waals surface area contributed by atoms with E-state index in [0.717, 1.165) is 18.2 Å². The third kappa shape index (κ3) is 3.53. The maximum absolute atomic E-state index is 13.0. The van der Waals surface area contributed by atoms with Crippen molar-refractivity contribution in [2.45, 2.75) is 18.4 Å². The highest BCUT2D eigenvalue weighted by molar-refractivity contribution is 7.92. The number of rotatable bonds is 4. The van der Waals surface area contributed by atoms with Gasteiger partial charge in [-0.05, 0) is 42.3 Å². The number of hydrogen-bond donors (Lipinski definition) is 2. The normalized spacial score (nSPS) is 11.4. The van der Waals surface area contributed by atoms with Crippen LogP contribution in [0.1, 0.15) is 11.1 Å². The zero-order valence-electron chi connectivity index (χ0n) is 11.1. The van der Waals surface area contributed by atoms with Crippen LogP contribution in [0, 0.1) is 12.7 Å². The Morgan fingerprint density at radius 3 is 2.57 bits per heavy atom. The topological polar surface area (TPSA) is 66.4 Å². The molecule has 0 fully saturated rings. The Kier molecular flexibility index (Phi) is 4.51. The van der Waals surface area contributed by atoms with Gasteiger partial charge in [-0.1, -0.05) is 23.7 Å². The fraction of sp³-hybridized carbons (Fsp3) is 0.143. The molecule has 0 saturated heterocycles. The van der Waals surface area contributed by atoms with Crippen molar-refractivity contribution in [2.75, 3.05) is 4.72 Å². The van der Waals surface area contributed by atoms with E-state index in [0.29, 0.717) is 16.8 Å². The Morgan fingerprint density at radius 1 is 1.24 bits per heavy atom. The molecule has 112 valence electrons. The fourth-order valence-electron chi connectivity index (χ4n) is 1.77. The summed E-state index contributed by atoms with van der Waals surface area (Å²) in [5, 5.41) is 8.91. The number of halogens is 2. The summed E-state index contributed by atoms with van der Waals surface area (Å²) in [4.78, 5) is -0.209. The molecule has 7 heteroatoms. The Hall–Kier alpha value is -1.63. The van der Waals surface area contributed by atoms with Gasteiger partial charge in [-0.25, -0.2) is 12.8 Å². The lowest BCUT2D eigenvalue weighted by molar-refractivity contribution is 0.282. The van der Waals surface area contributed by atoms with Crippen molar-refractivity contribution < 1.29 is 17.9 Å². The van der Waals surface area contributed by atoms with E-state index in [9.17, 15) is 12.8 Å². The minimum atomic E-state index is -3.94. The first-order chi connectivity index (χ1) is 9.83. The second kappa shape index (κ2) is 6.01. The van der Waals surface area contributed by atoms with Crippen molar-refractivity contribution in [1.82, 2.24) is 0 Å². The van der Waals surface area contributed by atoms with Crippen LogP contribution in [0.5, 0.6) is 0 Å². The number of aliphatic hydroxyl groups is 1. The number of aliphatic hydroxyl groups excluding tert-OH is 1. The molecule has 0 radical (unpaired) electrons. The van der Waals surface area contributed by atoms with Gasteiger partial charge >= 0.3 is 0 Å². The van der Waals surface area contributed by atoms with E-state index in [-0.39, 0.29) is 16.5 Å². The number of benzene rings is 2. The quantitative estimate of drug-likeness (QED) is 0.906. The molecule has 2 N–H and O–H groups in total. The standard InChI is InChI=1S/C14H13ClFNO3S/c1-9-2-3-10(8-18)6-13(9)17-21(19,20)14-5-4-11(16)7-12(14)15/h2-7,17-18H,8H2,1H3. The van der Waals surface area contributed by atoms with Crippen molar-refractivity contribution >= 4 is 27.3 Å². The van der Waals surface area contributed by atoms with Crippen LogP contribution in [0.25, 0.3) is 0 Å². The van der Waals surface area contributed by atoms with E-state index in [1.165, 1.54) is 6.07 Å². The largest absolute Gasteiger partial charge is 0.392 e. The van der Waals surface area contributed by atoms with Gasteiger partial charge in [0, 0.05) is 0 Å². The number of nitrogens with one attached hydrogen (secondary N) is 1. The average Bonchev–Trinajstić information content (AvgIpc) is 2.40. The van der Waals surface area contributed by atoms with Gasteiger partial charge in [0.2, 0.25) is 0 Å². The maximum atomic E-state index is 13.0. The van der Waals surface area contributed by atoms with Crippen LogP contribution >= 0.6 is 11.6 Å². The Balaban J connectivity index is 2.42. The van der Waals surface area contributed by atoms with E-state index in [2.05, 4.69) is 4.72 Å². The lowest BCUT2D eigenvalue weighted by Gasteiger charge is -2.12. The smallest absolute Gasteiger partial charge is 0.263 e. The van der Waals surface area contributed by atoms with Crippen LogP contribution < -0.4 is 4.72 Å². The maximum Gasteiger partial charge on any atom is 0.263 e. The summed E-state index contributed by atoms with van der Waals surface area (Å²) in [6, 6.07) is 7.98. The molecule has 2 aromatic rings. The summed E-state index contributed by atoms with van der Waals surface area (Å²) in [5.41, 5.74) is 1.60. The molecule has 0 aliphatic rings. The highest BCUT2D eigenvalue weighted by atomic mass is 35.5. The average molecular weight is 330 g/mol. The van der Waals surface area contributed by atoms with Crippen molar-refractivity contribution in [3.8, 4) is 0 Å². The number of anilines is 1. The number of aryl methyl sites for hydroxylation is 1. The molecule has 0 heterocycles. The molecule has 0 spiro atoms. The van der Waals surface area contributed by atoms with Crippen molar-refractivity contribution in [3.05, 3.63) is 58.4 Å². The van der Waals surface area contributed by atoms with Crippen LogP contribution in [-0.4, -0.2) is 13.5 Å². The Morgan fingerprint density at radius 2 is 1.95 bits per heavy atom.